The molecular weight excluding hydrogens is 308 g/mol. The number of ether oxygens (including phenoxy) is 2. The molecule has 0 bridgehead atoms. The number of fused-ring (bicyclic) bond motifs is 1. The first-order valence-corrected chi connectivity index (χ1v) is 8.77. The van der Waals surface area contributed by atoms with Gasteiger partial charge in [0.1, 0.15) is 13.2 Å². The highest BCUT2D eigenvalue weighted by Gasteiger charge is 2.15. The van der Waals surface area contributed by atoms with Crippen molar-refractivity contribution in [1.29, 1.82) is 0 Å². The van der Waals surface area contributed by atoms with Gasteiger partial charge in [-0.15, -0.1) is 0 Å². The third-order valence-electron chi connectivity index (χ3n) is 3.27. The highest BCUT2D eigenvalue weighted by atomic mass is 32.2. The fourth-order valence-electron chi connectivity index (χ4n) is 1.96. The summed E-state index contributed by atoms with van der Waals surface area (Å²) in [5.41, 5.74) is 1.01. The molecule has 0 radical (unpaired) electrons. The van der Waals surface area contributed by atoms with E-state index in [9.17, 15) is 13.2 Å². The van der Waals surface area contributed by atoms with Gasteiger partial charge in [0.25, 0.3) is 0 Å². The van der Waals surface area contributed by atoms with Gasteiger partial charge in [0, 0.05) is 13.6 Å². The van der Waals surface area contributed by atoms with Gasteiger partial charge in [-0.25, -0.2) is 8.42 Å². The van der Waals surface area contributed by atoms with Crippen molar-refractivity contribution in [3.8, 4) is 11.5 Å². The summed E-state index contributed by atoms with van der Waals surface area (Å²) in [6.45, 7) is 1.33. The minimum absolute atomic E-state index is 0.181. The Labute approximate surface area is 130 Å². The summed E-state index contributed by atoms with van der Waals surface area (Å²) >= 11 is 0. The van der Waals surface area contributed by atoms with E-state index in [4.69, 9.17) is 9.47 Å². The zero-order chi connectivity index (χ0) is 16.2. The SMILES string of the molecule is CN(CC(=O)NCCc1ccc2c(c1)OCCO2)S(C)(=O)=O. The van der Waals surface area contributed by atoms with Crippen LogP contribution in [0.15, 0.2) is 18.2 Å². The Morgan fingerprint density at radius 2 is 1.95 bits per heavy atom. The van der Waals surface area contributed by atoms with Gasteiger partial charge in [0.05, 0.1) is 12.8 Å². The van der Waals surface area contributed by atoms with Gasteiger partial charge >= 0.3 is 0 Å². The van der Waals surface area contributed by atoms with E-state index in [2.05, 4.69) is 5.32 Å². The first-order chi connectivity index (χ1) is 10.4. The van der Waals surface area contributed by atoms with Gasteiger partial charge in [-0.1, -0.05) is 6.07 Å². The second-order valence-electron chi connectivity index (χ2n) is 5.10. The molecule has 1 N–H and O–H groups in total. The van der Waals surface area contributed by atoms with E-state index in [-0.39, 0.29) is 12.5 Å². The molecule has 0 atom stereocenters. The maximum atomic E-state index is 11.7. The van der Waals surface area contributed by atoms with Gasteiger partial charge in [0.15, 0.2) is 11.5 Å². The smallest absolute Gasteiger partial charge is 0.235 e. The normalized spacial score (nSPS) is 14.0. The number of benzene rings is 1. The highest BCUT2D eigenvalue weighted by molar-refractivity contribution is 7.88. The van der Waals surface area contributed by atoms with E-state index in [0.29, 0.717) is 31.9 Å². The van der Waals surface area contributed by atoms with Crippen molar-refractivity contribution in [1.82, 2.24) is 9.62 Å². The number of nitrogens with zero attached hydrogens (tertiary/aromatic N) is 1. The van der Waals surface area contributed by atoms with Crippen molar-refractivity contribution in [2.24, 2.45) is 0 Å². The molecule has 0 fully saturated rings. The van der Waals surface area contributed by atoms with E-state index < -0.39 is 10.0 Å². The minimum Gasteiger partial charge on any atom is -0.486 e. The molecule has 1 aromatic carbocycles. The fraction of sp³-hybridized carbons (Fsp3) is 0.500. The molecule has 1 heterocycles. The zero-order valence-corrected chi connectivity index (χ0v) is 13.5. The maximum Gasteiger partial charge on any atom is 0.235 e. The molecule has 0 aliphatic carbocycles. The standard InChI is InChI=1S/C14H20N2O5S/c1-16(22(2,18)19)10-14(17)15-6-5-11-3-4-12-13(9-11)21-8-7-20-12/h3-4,9H,5-8,10H2,1-2H3,(H,15,17). The number of sulfonamides is 1. The van der Waals surface area contributed by atoms with Crippen molar-refractivity contribution in [3.63, 3.8) is 0 Å². The van der Waals surface area contributed by atoms with E-state index >= 15 is 0 Å². The third-order valence-corrected chi connectivity index (χ3v) is 4.54. The van der Waals surface area contributed by atoms with Crippen LogP contribution in [0.4, 0.5) is 0 Å². The van der Waals surface area contributed by atoms with Gasteiger partial charge in [-0.2, -0.15) is 4.31 Å². The van der Waals surface area contributed by atoms with E-state index in [0.717, 1.165) is 21.9 Å². The molecule has 22 heavy (non-hydrogen) atoms. The van der Waals surface area contributed by atoms with Gasteiger partial charge in [0.2, 0.25) is 15.9 Å². The van der Waals surface area contributed by atoms with Crippen molar-refractivity contribution < 1.29 is 22.7 Å². The van der Waals surface area contributed by atoms with Gasteiger partial charge in [-0.05, 0) is 24.1 Å². The van der Waals surface area contributed by atoms with Crippen LogP contribution in [0.1, 0.15) is 5.56 Å². The maximum absolute atomic E-state index is 11.7. The van der Waals surface area contributed by atoms with Crippen LogP contribution < -0.4 is 14.8 Å². The molecule has 0 unspecified atom stereocenters. The summed E-state index contributed by atoms with van der Waals surface area (Å²) in [7, 11) is -1.97. The van der Waals surface area contributed by atoms with Crippen LogP contribution in [0.2, 0.25) is 0 Å². The van der Waals surface area contributed by atoms with E-state index in [1.54, 1.807) is 0 Å². The number of hydrogen-bond acceptors (Lipinski definition) is 5. The number of carbonyl (C=O) groups is 1. The Morgan fingerprint density at radius 1 is 1.27 bits per heavy atom. The fourth-order valence-corrected chi connectivity index (χ4v) is 2.32. The number of nitrogens with one attached hydrogen (secondary N) is 1. The molecule has 0 spiro atoms. The summed E-state index contributed by atoms with van der Waals surface area (Å²) in [5, 5.41) is 2.70. The lowest BCUT2D eigenvalue weighted by molar-refractivity contribution is -0.121. The molecule has 1 aliphatic heterocycles. The third kappa shape index (κ3) is 4.60. The first kappa shape index (κ1) is 16.6. The molecule has 1 aromatic rings. The number of carbonyl (C=O) groups excluding carboxylic acids is 1. The number of amides is 1. The topological polar surface area (TPSA) is 84.9 Å². The molecule has 0 saturated heterocycles. The lowest BCUT2D eigenvalue weighted by atomic mass is 10.1. The summed E-state index contributed by atoms with van der Waals surface area (Å²) in [5.74, 6) is 1.12. The van der Waals surface area contributed by atoms with E-state index in [1.807, 2.05) is 18.2 Å². The molecule has 1 aliphatic rings. The average Bonchev–Trinajstić information content (AvgIpc) is 2.46. The summed E-state index contributed by atoms with van der Waals surface area (Å²) in [4.78, 5) is 11.7. The minimum atomic E-state index is -3.34. The molecule has 122 valence electrons. The number of hydrogen-bond donors (Lipinski definition) is 1. The van der Waals surface area contributed by atoms with Crippen LogP contribution in [-0.2, 0) is 21.2 Å². The first-order valence-electron chi connectivity index (χ1n) is 6.93. The lowest BCUT2D eigenvalue weighted by Gasteiger charge is -2.19. The predicted molar refractivity (Wildman–Crippen MR) is 81.6 cm³/mol. The number of likely N-dealkylation sites (N-methyl/N-ethyl adjacent to an activating group) is 1. The second-order valence-corrected chi connectivity index (χ2v) is 7.19. The Kier molecular flexibility index (Phi) is 5.25. The molecule has 0 saturated carbocycles. The van der Waals surface area contributed by atoms with Crippen LogP contribution in [0, 0.1) is 0 Å². The second kappa shape index (κ2) is 6.97. The van der Waals surface area contributed by atoms with Crippen molar-refractivity contribution in [3.05, 3.63) is 23.8 Å². The number of rotatable bonds is 6. The highest BCUT2D eigenvalue weighted by Crippen LogP contribution is 2.30. The van der Waals surface area contributed by atoms with Gasteiger partial charge < -0.3 is 14.8 Å². The Morgan fingerprint density at radius 3 is 2.64 bits per heavy atom. The molecule has 7 nitrogen and oxygen atoms in total. The van der Waals surface area contributed by atoms with E-state index in [1.165, 1.54) is 7.05 Å². The molecule has 0 aromatic heterocycles. The van der Waals surface area contributed by atoms with Crippen molar-refractivity contribution in [2.45, 2.75) is 6.42 Å². The summed E-state index contributed by atoms with van der Waals surface area (Å²) in [6.07, 6.45) is 1.69. The van der Waals surface area contributed by atoms with Crippen molar-refractivity contribution >= 4 is 15.9 Å². The monoisotopic (exact) mass is 328 g/mol. The molecule has 2 rings (SSSR count). The average molecular weight is 328 g/mol. The van der Waals surface area contributed by atoms with Crippen LogP contribution in [0.25, 0.3) is 0 Å². The largest absolute Gasteiger partial charge is 0.486 e. The quantitative estimate of drug-likeness (QED) is 0.795. The Bertz CT molecular complexity index is 645. The summed E-state index contributed by atoms with van der Waals surface area (Å²) < 4.78 is 34.4. The van der Waals surface area contributed by atoms with Gasteiger partial charge in [-0.3, -0.25) is 4.79 Å². The Hall–Kier alpha value is -1.80. The zero-order valence-electron chi connectivity index (χ0n) is 12.7. The van der Waals surface area contributed by atoms with Crippen LogP contribution >= 0.6 is 0 Å². The predicted octanol–water partition coefficient (Wildman–Crippen LogP) is 0.00790. The molecule has 8 heteroatoms. The van der Waals surface area contributed by atoms with Crippen molar-refractivity contribution in [2.75, 3.05) is 39.6 Å². The molecular formula is C14H20N2O5S. The van der Waals surface area contributed by atoms with Crippen LogP contribution in [0.3, 0.4) is 0 Å². The summed E-state index contributed by atoms with van der Waals surface area (Å²) in [6, 6.07) is 5.66. The van der Waals surface area contributed by atoms with Crippen LogP contribution in [0.5, 0.6) is 11.5 Å². The Balaban J connectivity index is 1.80. The van der Waals surface area contributed by atoms with Crippen LogP contribution in [-0.4, -0.2) is 58.2 Å². The molecule has 1 amide bonds. The lowest BCUT2D eigenvalue weighted by Crippen LogP contribution is -2.38.